The molecule has 1 saturated carbocycles. The minimum Gasteiger partial charge on any atom is -0.327 e. The second-order valence-corrected chi connectivity index (χ2v) is 7.29. The molecule has 2 aromatic heterocycles. The van der Waals surface area contributed by atoms with Gasteiger partial charge in [0.2, 0.25) is 5.95 Å². The average molecular weight is 375 g/mol. The van der Waals surface area contributed by atoms with Crippen molar-refractivity contribution in [3.8, 4) is 0 Å². The number of fused-ring (bicyclic) bond motifs is 1. The summed E-state index contributed by atoms with van der Waals surface area (Å²) in [5.74, 6) is 2.68. The van der Waals surface area contributed by atoms with Crippen molar-refractivity contribution in [2.45, 2.75) is 38.3 Å². The van der Waals surface area contributed by atoms with Crippen molar-refractivity contribution in [3.05, 3.63) is 59.9 Å². The highest BCUT2D eigenvalue weighted by molar-refractivity contribution is 5.94. The molecule has 0 bridgehead atoms. The molecule has 1 N–H and O–H groups in total. The molecule has 0 saturated heterocycles. The van der Waals surface area contributed by atoms with Crippen molar-refractivity contribution in [2.24, 2.45) is 0 Å². The fourth-order valence-electron chi connectivity index (χ4n) is 3.49. The van der Waals surface area contributed by atoms with E-state index in [2.05, 4.69) is 20.4 Å². The number of hydrogen-bond acceptors (Lipinski definition) is 6. The first kappa shape index (κ1) is 16.9. The lowest BCUT2D eigenvalue weighted by atomic mass is 10.1. The normalized spacial score (nSPS) is 18.6. The highest BCUT2D eigenvalue weighted by Gasteiger charge is 2.35. The summed E-state index contributed by atoms with van der Waals surface area (Å²) in [6.07, 6.45) is 5.48. The lowest BCUT2D eigenvalue weighted by Crippen LogP contribution is -2.41. The van der Waals surface area contributed by atoms with E-state index >= 15 is 0 Å². The van der Waals surface area contributed by atoms with Gasteiger partial charge in [0.05, 0.1) is 18.2 Å². The summed E-state index contributed by atoms with van der Waals surface area (Å²) in [5.41, 5.74) is 1.37. The predicted molar refractivity (Wildman–Crippen MR) is 103 cm³/mol. The van der Waals surface area contributed by atoms with Crippen LogP contribution < -0.4 is 5.32 Å². The molecule has 3 heterocycles. The van der Waals surface area contributed by atoms with Crippen LogP contribution in [0.1, 0.15) is 53.7 Å². The Balaban J connectivity index is 1.31. The maximum Gasteiger partial charge on any atom is 0.257 e. The third-order valence-corrected chi connectivity index (χ3v) is 5.24. The average Bonchev–Trinajstić information content (AvgIpc) is 3.48. The van der Waals surface area contributed by atoms with Crippen LogP contribution in [0.4, 0.5) is 11.6 Å². The van der Waals surface area contributed by atoms with Gasteiger partial charge in [-0.15, -0.1) is 0 Å². The zero-order chi connectivity index (χ0) is 19.1. The molecule has 2 aliphatic rings. The first-order chi connectivity index (χ1) is 13.7. The Labute approximate surface area is 162 Å². The van der Waals surface area contributed by atoms with Gasteiger partial charge in [0.1, 0.15) is 5.82 Å². The quantitative estimate of drug-likeness (QED) is 0.754. The molecule has 3 aromatic rings. The van der Waals surface area contributed by atoms with Crippen molar-refractivity contribution in [2.75, 3.05) is 11.9 Å². The SMILES string of the molecule is C[C@@H]1c2nc(C3CC3)nn2CCN1C(=O)c1cnc(Nc2ccccc2)nc1. The zero-order valence-electron chi connectivity index (χ0n) is 15.6. The van der Waals surface area contributed by atoms with Crippen LogP contribution in [-0.2, 0) is 6.54 Å². The number of carbonyl (C=O) groups excluding carboxylic acids is 1. The van der Waals surface area contributed by atoms with E-state index in [1.54, 1.807) is 12.4 Å². The highest BCUT2D eigenvalue weighted by Crippen LogP contribution is 2.39. The number of anilines is 2. The van der Waals surface area contributed by atoms with Gasteiger partial charge in [-0.05, 0) is 31.9 Å². The molecule has 0 unspecified atom stereocenters. The molecule has 1 atom stereocenters. The second kappa shape index (κ2) is 6.70. The summed E-state index contributed by atoms with van der Waals surface area (Å²) in [6.45, 7) is 3.27. The van der Waals surface area contributed by atoms with Crippen LogP contribution in [0.3, 0.4) is 0 Å². The van der Waals surface area contributed by atoms with Crippen LogP contribution in [0, 0.1) is 0 Å². The van der Waals surface area contributed by atoms with Gasteiger partial charge in [0.15, 0.2) is 5.82 Å². The molecule has 8 nitrogen and oxygen atoms in total. The van der Waals surface area contributed by atoms with Crippen LogP contribution in [0.2, 0.25) is 0 Å². The summed E-state index contributed by atoms with van der Waals surface area (Å²) in [6, 6.07) is 9.57. The van der Waals surface area contributed by atoms with Crippen molar-refractivity contribution in [1.82, 2.24) is 29.6 Å². The van der Waals surface area contributed by atoms with E-state index in [4.69, 9.17) is 4.98 Å². The Hall–Kier alpha value is -3.29. The van der Waals surface area contributed by atoms with Gasteiger partial charge in [-0.3, -0.25) is 4.79 Å². The maximum atomic E-state index is 13.0. The molecular formula is C20H21N7O. The van der Waals surface area contributed by atoms with Crippen LogP contribution in [0.15, 0.2) is 42.7 Å². The Kier molecular flexibility index (Phi) is 4.03. The number of benzene rings is 1. The van der Waals surface area contributed by atoms with Gasteiger partial charge in [-0.2, -0.15) is 5.10 Å². The maximum absolute atomic E-state index is 13.0. The van der Waals surface area contributed by atoms with Gasteiger partial charge >= 0.3 is 0 Å². The van der Waals surface area contributed by atoms with E-state index in [1.807, 2.05) is 46.8 Å². The van der Waals surface area contributed by atoms with Crippen LogP contribution in [0.5, 0.6) is 0 Å². The smallest absolute Gasteiger partial charge is 0.257 e. The molecule has 1 aromatic carbocycles. The Morgan fingerprint density at radius 1 is 1.11 bits per heavy atom. The standard InChI is InChI=1S/C20H21N7O/c1-13-18-24-17(14-7-8-14)25-27(18)10-9-26(13)19(28)15-11-21-20(22-12-15)23-16-5-3-2-4-6-16/h2-6,11-14H,7-10H2,1H3,(H,21,22,23)/t13-/m1/s1. The Bertz CT molecular complexity index is 995. The summed E-state index contributed by atoms with van der Waals surface area (Å²) >= 11 is 0. The monoisotopic (exact) mass is 375 g/mol. The van der Waals surface area contributed by atoms with Gasteiger partial charge in [-0.1, -0.05) is 18.2 Å². The van der Waals surface area contributed by atoms with Gasteiger partial charge in [0.25, 0.3) is 5.91 Å². The highest BCUT2D eigenvalue weighted by atomic mass is 16.2. The second-order valence-electron chi connectivity index (χ2n) is 7.29. The zero-order valence-corrected chi connectivity index (χ0v) is 15.6. The number of nitrogens with one attached hydrogen (secondary N) is 1. The molecule has 142 valence electrons. The van der Waals surface area contributed by atoms with E-state index < -0.39 is 0 Å². The van der Waals surface area contributed by atoms with Crippen LogP contribution >= 0.6 is 0 Å². The topological polar surface area (TPSA) is 88.8 Å². The van der Waals surface area contributed by atoms with Gasteiger partial charge in [-0.25, -0.2) is 19.6 Å². The third kappa shape index (κ3) is 3.11. The number of amides is 1. The summed E-state index contributed by atoms with van der Waals surface area (Å²) in [4.78, 5) is 28.1. The lowest BCUT2D eigenvalue weighted by molar-refractivity contribution is 0.0630. The molecule has 0 radical (unpaired) electrons. The first-order valence-electron chi connectivity index (χ1n) is 9.59. The van der Waals surface area contributed by atoms with Crippen LogP contribution in [-0.4, -0.2) is 42.1 Å². The number of rotatable bonds is 4. The molecule has 1 fully saturated rings. The van der Waals surface area contributed by atoms with Crippen molar-refractivity contribution in [3.63, 3.8) is 0 Å². The van der Waals surface area contributed by atoms with Crippen molar-refractivity contribution >= 4 is 17.5 Å². The summed E-state index contributed by atoms with van der Waals surface area (Å²) < 4.78 is 1.95. The predicted octanol–water partition coefficient (Wildman–Crippen LogP) is 2.91. The largest absolute Gasteiger partial charge is 0.327 e. The Morgan fingerprint density at radius 3 is 2.57 bits per heavy atom. The molecule has 1 aliphatic heterocycles. The Morgan fingerprint density at radius 2 is 1.86 bits per heavy atom. The summed E-state index contributed by atoms with van der Waals surface area (Å²) in [5, 5.41) is 7.74. The molecule has 1 aliphatic carbocycles. The van der Waals surface area contributed by atoms with E-state index in [-0.39, 0.29) is 11.9 Å². The molecule has 0 spiro atoms. The van der Waals surface area contributed by atoms with Gasteiger partial charge in [0, 0.05) is 30.5 Å². The summed E-state index contributed by atoms with van der Waals surface area (Å²) in [7, 11) is 0. The number of hydrogen-bond donors (Lipinski definition) is 1. The minimum atomic E-state index is -0.122. The third-order valence-electron chi connectivity index (χ3n) is 5.24. The number of para-hydroxylation sites is 1. The number of carbonyl (C=O) groups is 1. The van der Waals surface area contributed by atoms with Crippen molar-refractivity contribution < 1.29 is 4.79 Å². The van der Waals surface area contributed by atoms with Gasteiger partial charge < -0.3 is 10.2 Å². The van der Waals surface area contributed by atoms with E-state index in [0.717, 1.165) is 17.3 Å². The molecule has 1 amide bonds. The van der Waals surface area contributed by atoms with Crippen molar-refractivity contribution in [1.29, 1.82) is 0 Å². The molecule has 28 heavy (non-hydrogen) atoms. The fourth-order valence-corrected chi connectivity index (χ4v) is 3.49. The van der Waals surface area contributed by atoms with E-state index in [9.17, 15) is 4.79 Å². The van der Waals surface area contributed by atoms with E-state index in [0.29, 0.717) is 30.5 Å². The molecule has 8 heteroatoms. The van der Waals surface area contributed by atoms with Crippen LogP contribution in [0.25, 0.3) is 0 Å². The fraction of sp³-hybridized carbons (Fsp3) is 0.350. The molecular weight excluding hydrogens is 354 g/mol. The first-order valence-corrected chi connectivity index (χ1v) is 9.59. The lowest BCUT2D eigenvalue weighted by Gasteiger charge is -2.32. The van der Waals surface area contributed by atoms with E-state index in [1.165, 1.54) is 12.8 Å². The minimum absolute atomic E-state index is 0.0824. The number of nitrogens with zero attached hydrogens (tertiary/aromatic N) is 6. The number of aromatic nitrogens is 5. The molecule has 5 rings (SSSR count).